The quantitative estimate of drug-likeness (QED) is 0.654. The molecule has 0 aliphatic rings. The van der Waals surface area contributed by atoms with Gasteiger partial charge < -0.3 is 15.8 Å². The van der Waals surface area contributed by atoms with E-state index in [9.17, 15) is 14.0 Å². The lowest BCUT2D eigenvalue weighted by molar-refractivity contribution is 0.0995. The molecule has 0 aliphatic carbocycles. The van der Waals surface area contributed by atoms with Gasteiger partial charge in [-0.15, -0.1) is 0 Å². The van der Waals surface area contributed by atoms with Gasteiger partial charge in [0.25, 0.3) is 11.8 Å². The Morgan fingerprint density at radius 3 is 2.59 bits per heavy atom. The van der Waals surface area contributed by atoms with Crippen LogP contribution in [0.15, 0.2) is 42.7 Å². The molecule has 140 valence electrons. The van der Waals surface area contributed by atoms with Crippen LogP contribution in [0, 0.1) is 5.82 Å². The lowest BCUT2D eigenvalue weighted by Gasteiger charge is -2.06. The third kappa shape index (κ3) is 4.29. The summed E-state index contributed by atoms with van der Waals surface area (Å²) in [4.78, 5) is 23.8. The van der Waals surface area contributed by atoms with Crippen LogP contribution in [0.2, 0.25) is 0 Å². The van der Waals surface area contributed by atoms with Crippen LogP contribution in [-0.2, 0) is 13.3 Å². The number of amides is 2. The Balaban J connectivity index is 1.65. The Bertz CT molecular complexity index is 963. The molecule has 0 radical (unpaired) electrons. The van der Waals surface area contributed by atoms with E-state index in [0.29, 0.717) is 12.3 Å². The molecule has 0 unspecified atom stereocenters. The molecule has 2 heterocycles. The molecule has 0 saturated heterocycles. The van der Waals surface area contributed by atoms with Gasteiger partial charge in [0.15, 0.2) is 18.1 Å². The monoisotopic (exact) mass is 372 g/mol. The molecule has 3 aromatic rings. The van der Waals surface area contributed by atoms with Crippen molar-refractivity contribution >= 4 is 17.5 Å². The van der Waals surface area contributed by atoms with Gasteiger partial charge in [-0.1, -0.05) is 0 Å². The summed E-state index contributed by atoms with van der Waals surface area (Å²) in [5.74, 6) is -1.15. The molecule has 0 atom stereocenters. The Hall–Kier alpha value is -3.69. The highest BCUT2D eigenvalue weighted by Gasteiger charge is 2.18. The molecule has 2 amide bonds. The number of nitrogens with zero attached hydrogens (tertiary/aromatic N) is 4. The van der Waals surface area contributed by atoms with Gasteiger partial charge >= 0.3 is 0 Å². The van der Waals surface area contributed by atoms with Gasteiger partial charge in [0, 0.05) is 18.9 Å². The summed E-state index contributed by atoms with van der Waals surface area (Å²) < 4.78 is 21.2. The minimum absolute atomic E-state index is 0.0238. The summed E-state index contributed by atoms with van der Waals surface area (Å²) >= 11 is 0. The predicted molar refractivity (Wildman–Crippen MR) is 93.6 cm³/mol. The molecule has 0 spiro atoms. The summed E-state index contributed by atoms with van der Waals surface area (Å²) in [7, 11) is 0. The predicted octanol–water partition coefficient (Wildman–Crippen LogP) is 1.63. The topological polar surface area (TPSA) is 117 Å². The zero-order valence-electron chi connectivity index (χ0n) is 14.4. The molecule has 0 aliphatic heterocycles. The first-order valence-corrected chi connectivity index (χ1v) is 8.06. The Morgan fingerprint density at radius 1 is 1.19 bits per heavy atom. The first kappa shape index (κ1) is 18.1. The average molecular weight is 372 g/mol. The molecule has 0 fully saturated rings. The van der Waals surface area contributed by atoms with Crippen LogP contribution >= 0.6 is 0 Å². The number of carbonyl (C=O) groups is 2. The molecular weight excluding hydrogens is 355 g/mol. The van der Waals surface area contributed by atoms with Crippen LogP contribution in [-0.4, -0.2) is 31.4 Å². The van der Waals surface area contributed by atoms with Crippen molar-refractivity contribution in [3.05, 3.63) is 59.9 Å². The number of ether oxygens (including phenoxy) is 1. The Labute approximate surface area is 153 Å². The maximum Gasteiger partial charge on any atom is 0.276 e. The van der Waals surface area contributed by atoms with Crippen molar-refractivity contribution in [2.45, 2.75) is 20.2 Å². The van der Waals surface area contributed by atoms with Crippen LogP contribution < -0.4 is 15.8 Å². The van der Waals surface area contributed by atoms with Gasteiger partial charge in [-0.2, -0.15) is 10.2 Å². The number of halogens is 1. The zero-order valence-corrected chi connectivity index (χ0v) is 14.4. The molecule has 0 saturated carbocycles. The number of hydrogen-bond donors (Lipinski definition) is 2. The van der Waals surface area contributed by atoms with Crippen molar-refractivity contribution < 1.29 is 18.7 Å². The molecule has 2 aromatic heterocycles. The second-order valence-electron chi connectivity index (χ2n) is 5.53. The second-order valence-corrected chi connectivity index (χ2v) is 5.53. The fourth-order valence-electron chi connectivity index (χ4n) is 2.27. The van der Waals surface area contributed by atoms with Crippen LogP contribution in [0.1, 0.15) is 27.9 Å². The van der Waals surface area contributed by atoms with Crippen molar-refractivity contribution in [2.75, 3.05) is 5.32 Å². The number of carbonyl (C=O) groups excluding carboxylic acids is 2. The Morgan fingerprint density at radius 2 is 1.93 bits per heavy atom. The molecule has 3 N–H and O–H groups in total. The molecular formula is C17H17FN6O3. The highest BCUT2D eigenvalue weighted by molar-refractivity contribution is 6.06. The van der Waals surface area contributed by atoms with E-state index in [0.717, 1.165) is 0 Å². The summed E-state index contributed by atoms with van der Waals surface area (Å²) in [6.07, 6.45) is 3.08. The van der Waals surface area contributed by atoms with Crippen molar-refractivity contribution in [3.8, 4) is 5.75 Å². The number of primary amides is 1. The minimum Gasteiger partial charge on any atom is -0.471 e. The highest BCUT2D eigenvalue weighted by Crippen LogP contribution is 2.15. The number of aryl methyl sites for hydroxylation is 1. The third-order valence-electron chi connectivity index (χ3n) is 3.62. The van der Waals surface area contributed by atoms with Gasteiger partial charge in [0.2, 0.25) is 0 Å². The number of anilines is 1. The number of hydrogen-bond acceptors (Lipinski definition) is 5. The van der Waals surface area contributed by atoms with E-state index < -0.39 is 11.8 Å². The standard InChI is InChI=1S/C17H17FN6O3/c1-2-23-9-14(15(22-23)16(19)25)20-17(26)13-7-8-24(21-13)10-27-12-5-3-11(18)4-6-12/h3-9H,2,10H2,1H3,(H2,19,25)(H,20,26). The first-order valence-electron chi connectivity index (χ1n) is 8.06. The van der Waals surface area contributed by atoms with Gasteiger partial charge in [0.05, 0.1) is 5.69 Å². The van der Waals surface area contributed by atoms with E-state index in [-0.39, 0.29) is 29.6 Å². The molecule has 0 bridgehead atoms. The number of benzene rings is 1. The summed E-state index contributed by atoms with van der Waals surface area (Å²) in [5.41, 5.74) is 5.59. The van der Waals surface area contributed by atoms with Gasteiger partial charge in [-0.05, 0) is 37.3 Å². The number of aromatic nitrogens is 4. The van der Waals surface area contributed by atoms with E-state index in [1.807, 2.05) is 6.92 Å². The summed E-state index contributed by atoms with van der Waals surface area (Å²) in [6.45, 7) is 2.40. The van der Waals surface area contributed by atoms with E-state index in [2.05, 4.69) is 15.5 Å². The van der Waals surface area contributed by atoms with Gasteiger partial charge in [-0.25, -0.2) is 9.07 Å². The third-order valence-corrected chi connectivity index (χ3v) is 3.62. The fraction of sp³-hybridized carbons (Fsp3) is 0.176. The number of nitrogens with two attached hydrogens (primary N) is 1. The molecule has 10 heteroatoms. The summed E-state index contributed by atoms with van der Waals surface area (Å²) in [6, 6.07) is 7.04. The van der Waals surface area contributed by atoms with Crippen molar-refractivity contribution in [3.63, 3.8) is 0 Å². The van der Waals surface area contributed by atoms with E-state index in [1.54, 1.807) is 6.20 Å². The molecule has 27 heavy (non-hydrogen) atoms. The maximum atomic E-state index is 12.9. The van der Waals surface area contributed by atoms with Crippen molar-refractivity contribution in [1.29, 1.82) is 0 Å². The average Bonchev–Trinajstić information content (AvgIpc) is 3.28. The van der Waals surface area contributed by atoms with Crippen LogP contribution in [0.25, 0.3) is 0 Å². The maximum absolute atomic E-state index is 12.9. The molecule has 1 aromatic carbocycles. The lowest BCUT2D eigenvalue weighted by Crippen LogP contribution is -2.18. The highest BCUT2D eigenvalue weighted by atomic mass is 19.1. The van der Waals surface area contributed by atoms with Gasteiger partial charge in [0.1, 0.15) is 11.6 Å². The van der Waals surface area contributed by atoms with Crippen LogP contribution in [0.4, 0.5) is 10.1 Å². The van der Waals surface area contributed by atoms with Crippen molar-refractivity contribution in [2.24, 2.45) is 5.73 Å². The van der Waals surface area contributed by atoms with Crippen LogP contribution in [0.5, 0.6) is 5.75 Å². The zero-order chi connectivity index (χ0) is 19.4. The lowest BCUT2D eigenvalue weighted by atomic mass is 10.3. The van der Waals surface area contributed by atoms with E-state index in [1.165, 1.54) is 45.9 Å². The largest absolute Gasteiger partial charge is 0.471 e. The second kappa shape index (κ2) is 7.68. The molecule has 3 rings (SSSR count). The van der Waals surface area contributed by atoms with Crippen molar-refractivity contribution in [1.82, 2.24) is 19.6 Å². The smallest absolute Gasteiger partial charge is 0.276 e. The van der Waals surface area contributed by atoms with Gasteiger partial charge in [-0.3, -0.25) is 14.3 Å². The van der Waals surface area contributed by atoms with E-state index in [4.69, 9.17) is 10.5 Å². The SMILES string of the molecule is CCn1cc(NC(=O)c2ccn(COc3ccc(F)cc3)n2)c(C(N)=O)n1. The van der Waals surface area contributed by atoms with E-state index >= 15 is 0 Å². The fourth-order valence-corrected chi connectivity index (χ4v) is 2.27. The first-order chi connectivity index (χ1) is 13.0. The Kier molecular flexibility index (Phi) is 5.15. The summed E-state index contributed by atoms with van der Waals surface area (Å²) in [5, 5.41) is 10.7. The molecule has 9 nitrogen and oxygen atoms in total. The normalized spacial score (nSPS) is 10.6. The van der Waals surface area contributed by atoms with Crippen LogP contribution in [0.3, 0.4) is 0 Å². The minimum atomic E-state index is -0.740. The number of nitrogens with one attached hydrogen (secondary N) is 1. The number of rotatable bonds is 7.